The lowest BCUT2D eigenvalue weighted by molar-refractivity contribution is -0.140. The first-order valence-corrected chi connectivity index (χ1v) is 14.9. The first kappa shape index (κ1) is 30.7. The van der Waals surface area contributed by atoms with Crippen molar-refractivity contribution in [3.8, 4) is 5.75 Å². The summed E-state index contributed by atoms with van der Waals surface area (Å²) in [4.78, 5) is 28.8. The summed E-state index contributed by atoms with van der Waals surface area (Å²) in [6.45, 7) is 7.76. The van der Waals surface area contributed by atoms with Crippen LogP contribution in [0.3, 0.4) is 0 Å². The molecule has 1 N–H and O–H groups in total. The highest BCUT2D eigenvalue weighted by molar-refractivity contribution is 7.92. The summed E-state index contributed by atoms with van der Waals surface area (Å²) in [5.41, 5.74) is 3.05. The van der Waals surface area contributed by atoms with Crippen molar-refractivity contribution in [2.75, 3.05) is 24.5 Å². The second-order valence-corrected chi connectivity index (χ2v) is 11.6. The molecule has 214 valence electrons. The molecule has 8 nitrogen and oxygen atoms in total. The summed E-state index contributed by atoms with van der Waals surface area (Å²) in [5, 5.41) is 2.89. The van der Waals surface area contributed by atoms with E-state index in [1.165, 1.54) is 24.1 Å². The van der Waals surface area contributed by atoms with Gasteiger partial charge in [-0.3, -0.25) is 13.9 Å². The molecule has 0 radical (unpaired) electrons. The number of benzene rings is 3. The van der Waals surface area contributed by atoms with Gasteiger partial charge in [0.05, 0.1) is 17.7 Å². The first-order valence-electron chi connectivity index (χ1n) is 13.5. The lowest BCUT2D eigenvalue weighted by Gasteiger charge is -2.33. The third-order valence-corrected chi connectivity index (χ3v) is 8.42. The summed E-state index contributed by atoms with van der Waals surface area (Å²) in [6, 6.07) is 20.1. The standard InChI is InChI=1S/C31H39N3O5S/c1-6-20-32-31(36)27(7-2)33(21-25-16-12-23(3)13-17-25)30(35)22-34(28-10-8-9-11-29(28)39-5)40(37,38)26-18-14-24(4)15-19-26/h8-19,27H,6-7,20-22H2,1-5H3,(H,32,36)/t27-/m0/s1. The minimum Gasteiger partial charge on any atom is -0.495 e. The average Bonchev–Trinajstić information content (AvgIpc) is 2.95. The normalized spacial score (nSPS) is 11.9. The van der Waals surface area contributed by atoms with Gasteiger partial charge in [-0.25, -0.2) is 8.42 Å². The highest BCUT2D eigenvalue weighted by Gasteiger charge is 2.34. The van der Waals surface area contributed by atoms with Gasteiger partial charge in [0.25, 0.3) is 10.0 Å². The Labute approximate surface area is 238 Å². The molecule has 9 heteroatoms. The molecular weight excluding hydrogens is 526 g/mol. The SMILES string of the molecule is CCCNC(=O)[C@H](CC)N(Cc1ccc(C)cc1)C(=O)CN(c1ccccc1OC)S(=O)(=O)c1ccc(C)cc1. The highest BCUT2D eigenvalue weighted by atomic mass is 32.2. The lowest BCUT2D eigenvalue weighted by atomic mass is 10.1. The fraction of sp³-hybridized carbons (Fsp3) is 0.355. The molecule has 3 aromatic carbocycles. The number of para-hydroxylation sites is 2. The van der Waals surface area contributed by atoms with Gasteiger partial charge >= 0.3 is 0 Å². The van der Waals surface area contributed by atoms with Gasteiger partial charge < -0.3 is 15.0 Å². The van der Waals surface area contributed by atoms with Crippen LogP contribution in [0.15, 0.2) is 77.7 Å². The quantitative estimate of drug-likeness (QED) is 0.320. The molecule has 0 saturated carbocycles. The lowest BCUT2D eigenvalue weighted by Crippen LogP contribution is -2.52. The molecule has 0 aromatic heterocycles. The Hall–Kier alpha value is -3.85. The van der Waals surface area contributed by atoms with E-state index >= 15 is 0 Å². The van der Waals surface area contributed by atoms with E-state index in [1.807, 2.05) is 52.0 Å². The zero-order chi connectivity index (χ0) is 29.3. The Morgan fingerprint density at radius 1 is 0.900 bits per heavy atom. The second-order valence-electron chi connectivity index (χ2n) is 9.72. The minimum absolute atomic E-state index is 0.0506. The number of nitrogens with zero attached hydrogens (tertiary/aromatic N) is 2. The maximum absolute atomic E-state index is 14.1. The Bertz CT molecular complexity index is 1390. The van der Waals surface area contributed by atoms with Crippen molar-refractivity contribution >= 4 is 27.5 Å². The number of aryl methyl sites for hydroxylation is 2. The van der Waals surface area contributed by atoms with Crippen LogP contribution >= 0.6 is 0 Å². The van der Waals surface area contributed by atoms with Crippen molar-refractivity contribution < 1.29 is 22.7 Å². The van der Waals surface area contributed by atoms with Crippen LogP contribution in [0.1, 0.15) is 43.4 Å². The number of anilines is 1. The topological polar surface area (TPSA) is 96.0 Å². The van der Waals surface area contributed by atoms with E-state index < -0.39 is 28.5 Å². The monoisotopic (exact) mass is 565 g/mol. The van der Waals surface area contributed by atoms with Crippen molar-refractivity contribution in [2.24, 2.45) is 0 Å². The average molecular weight is 566 g/mol. The Kier molecular flexibility index (Phi) is 10.7. The number of carbonyl (C=O) groups excluding carboxylic acids is 2. The molecule has 0 heterocycles. The summed E-state index contributed by atoms with van der Waals surface area (Å²) < 4.78 is 34.6. The Morgan fingerprint density at radius 3 is 2.08 bits per heavy atom. The first-order chi connectivity index (χ1) is 19.1. The zero-order valence-corrected chi connectivity index (χ0v) is 24.7. The number of hydrogen-bond donors (Lipinski definition) is 1. The van der Waals surface area contributed by atoms with Crippen LogP contribution in [0.2, 0.25) is 0 Å². The van der Waals surface area contributed by atoms with Crippen LogP contribution in [0.4, 0.5) is 5.69 Å². The number of amides is 2. The summed E-state index contributed by atoms with van der Waals surface area (Å²) in [7, 11) is -2.72. The van der Waals surface area contributed by atoms with E-state index in [9.17, 15) is 18.0 Å². The molecule has 3 aromatic rings. The van der Waals surface area contributed by atoms with Crippen molar-refractivity contribution in [1.29, 1.82) is 0 Å². The fourth-order valence-corrected chi connectivity index (χ4v) is 5.79. The molecular formula is C31H39N3O5S. The van der Waals surface area contributed by atoms with Gasteiger partial charge in [0.2, 0.25) is 11.8 Å². The zero-order valence-electron chi connectivity index (χ0n) is 23.9. The maximum atomic E-state index is 14.1. The molecule has 3 rings (SSSR count). The van der Waals surface area contributed by atoms with Crippen molar-refractivity contribution in [3.05, 3.63) is 89.5 Å². The number of rotatable bonds is 13. The predicted octanol–water partition coefficient (Wildman–Crippen LogP) is 4.84. The van der Waals surface area contributed by atoms with Crippen LogP contribution in [-0.4, -0.2) is 51.4 Å². The molecule has 0 aliphatic rings. The van der Waals surface area contributed by atoms with E-state index in [-0.39, 0.29) is 23.0 Å². The van der Waals surface area contributed by atoms with Gasteiger partial charge in [-0.15, -0.1) is 0 Å². The van der Waals surface area contributed by atoms with Crippen molar-refractivity contribution in [3.63, 3.8) is 0 Å². The fourth-order valence-electron chi connectivity index (χ4n) is 4.36. The summed E-state index contributed by atoms with van der Waals surface area (Å²) >= 11 is 0. The van der Waals surface area contributed by atoms with E-state index in [0.29, 0.717) is 18.7 Å². The van der Waals surface area contributed by atoms with Crippen LogP contribution < -0.4 is 14.4 Å². The van der Waals surface area contributed by atoms with Gasteiger partial charge in [-0.05, 0) is 56.5 Å². The molecule has 0 aliphatic heterocycles. The third kappa shape index (κ3) is 7.41. The number of nitrogens with one attached hydrogen (secondary N) is 1. The second kappa shape index (κ2) is 14.0. The molecule has 0 aliphatic carbocycles. The maximum Gasteiger partial charge on any atom is 0.264 e. The Morgan fingerprint density at radius 2 is 1.50 bits per heavy atom. The molecule has 0 bridgehead atoms. The molecule has 0 spiro atoms. The number of carbonyl (C=O) groups is 2. The van der Waals surface area contributed by atoms with Crippen molar-refractivity contribution in [1.82, 2.24) is 10.2 Å². The van der Waals surface area contributed by atoms with Gasteiger partial charge in [0.15, 0.2) is 0 Å². The smallest absolute Gasteiger partial charge is 0.264 e. The minimum atomic E-state index is -4.17. The van der Waals surface area contributed by atoms with E-state index in [1.54, 1.807) is 36.4 Å². The van der Waals surface area contributed by atoms with E-state index in [4.69, 9.17) is 4.74 Å². The van der Waals surface area contributed by atoms with E-state index in [0.717, 1.165) is 27.4 Å². The van der Waals surface area contributed by atoms with Crippen LogP contribution in [0.5, 0.6) is 5.75 Å². The number of hydrogen-bond acceptors (Lipinski definition) is 5. The molecule has 0 unspecified atom stereocenters. The largest absolute Gasteiger partial charge is 0.495 e. The van der Waals surface area contributed by atoms with Crippen LogP contribution in [0, 0.1) is 13.8 Å². The number of ether oxygens (including phenoxy) is 1. The highest BCUT2D eigenvalue weighted by Crippen LogP contribution is 2.32. The number of methoxy groups -OCH3 is 1. The summed E-state index contributed by atoms with van der Waals surface area (Å²) in [6.07, 6.45) is 1.12. The summed E-state index contributed by atoms with van der Waals surface area (Å²) in [5.74, 6) is -0.459. The van der Waals surface area contributed by atoms with E-state index in [2.05, 4.69) is 5.32 Å². The molecule has 1 atom stereocenters. The predicted molar refractivity (Wildman–Crippen MR) is 158 cm³/mol. The molecule has 0 fully saturated rings. The van der Waals surface area contributed by atoms with Crippen LogP contribution in [0.25, 0.3) is 0 Å². The van der Waals surface area contributed by atoms with Crippen molar-refractivity contribution in [2.45, 2.75) is 58.0 Å². The Balaban J connectivity index is 2.08. The molecule has 2 amide bonds. The molecule has 40 heavy (non-hydrogen) atoms. The van der Waals surface area contributed by atoms with Gasteiger partial charge in [0.1, 0.15) is 18.3 Å². The number of sulfonamides is 1. The van der Waals surface area contributed by atoms with Gasteiger partial charge in [0, 0.05) is 13.1 Å². The third-order valence-electron chi connectivity index (χ3n) is 6.65. The van der Waals surface area contributed by atoms with Gasteiger partial charge in [-0.2, -0.15) is 0 Å². The molecule has 0 saturated heterocycles. The van der Waals surface area contributed by atoms with Gasteiger partial charge in [-0.1, -0.05) is 73.5 Å². The van der Waals surface area contributed by atoms with Crippen LogP contribution in [-0.2, 0) is 26.2 Å².